The molecule has 8 unspecified atom stereocenters. The number of hydrogen-bond donors (Lipinski definition) is 1. The van der Waals surface area contributed by atoms with Crippen LogP contribution in [0.2, 0.25) is 0 Å². The predicted octanol–water partition coefficient (Wildman–Crippen LogP) is 2.04. The fraction of sp³-hybridized carbons (Fsp3) is 0.765. The van der Waals surface area contributed by atoms with Gasteiger partial charge in [-0.15, -0.1) is 0 Å². The molecular weight excluding hydrogens is 266 g/mol. The molecule has 0 amide bonds. The summed E-state index contributed by atoms with van der Waals surface area (Å²) >= 11 is 0. The van der Waals surface area contributed by atoms with Crippen LogP contribution in [0, 0.1) is 46.8 Å². The first-order chi connectivity index (χ1) is 9.95. The molecule has 21 heavy (non-hydrogen) atoms. The lowest BCUT2D eigenvalue weighted by molar-refractivity contribution is -0.171. The van der Waals surface area contributed by atoms with E-state index in [0.717, 1.165) is 25.7 Å². The number of nitriles is 1. The summed E-state index contributed by atoms with van der Waals surface area (Å²) in [5, 5.41) is 20.5. The van der Waals surface area contributed by atoms with E-state index < -0.39 is 11.6 Å². The predicted molar refractivity (Wildman–Crippen MR) is 74.7 cm³/mol. The van der Waals surface area contributed by atoms with Gasteiger partial charge in [-0.25, -0.2) is 4.79 Å². The Morgan fingerprint density at radius 2 is 2.14 bits per heavy atom. The maximum absolute atomic E-state index is 11.8. The third-order valence-corrected chi connectivity index (χ3v) is 6.61. The molecule has 4 nitrogen and oxygen atoms in total. The quantitative estimate of drug-likeness (QED) is 0.479. The molecule has 4 rings (SSSR count). The third-order valence-electron chi connectivity index (χ3n) is 6.61. The molecule has 0 aromatic carbocycles. The summed E-state index contributed by atoms with van der Waals surface area (Å²) in [6, 6.07) is 2.46. The standard InChI is InChI=1S/C17H21NO3/c1-8(2)16(19)21-13-5-10-6-17(13,20)15-9-3-11(7-18)12(4-9)14(10)15/h9-15,20H,1,3-6H2,2H3. The third kappa shape index (κ3) is 1.56. The Balaban J connectivity index is 1.59. The minimum Gasteiger partial charge on any atom is -0.456 e. The van der Waals surface area contributed by atoms with Crippen LogP contribution >= 0.6 is 0 Å². The summed E-state index contributed by atoms with van der Waals surface area (Å²) in [4.78, 5) is 11.8. The van der Waals surface area contributed by atoms with Crippen LogP contribution in [0.4, 0.5) is 0 Å². The van der Waals surface area contributed by atoms with Crippen LogP contribution in [0.5, 0.6) is 0 Å². The fourth-order valence-electron chi connectivity index (χ4n) is 6.08. The molecule has 0 radical (unpaired) electrons. The average Bonchev–Trinajstić information content (AvgIpc) is 3.14. The van der Waals surface area contributed by atoms with Crippen molar-refractivity contribution in [1.29, 1.82) is 5.26 Å². The molecule has 4 aliphatic rings. The smallest absolute Gasteiger partial charge is 0.333 e. The Labute approximate surface area is 124 Å². The van der Waals surface area contributed by atoms with E-state index in [2.05, 4.69) is 12.6 Å². The average molecular weight is 287 g/mol. The van der Waals surface area contributed by atoms with Crippen LogP contribution in [0.25, 0.3) is 0 Å². The normalized spacial score (nSPS) is 52.5. The van der Waals surface area contributed by atoms with Gasteiger partial charge in [0.2, 0.25) is 0 Å². The maximum atomic E-state index is 11.8. The number of nitrogens with zero attached hydrogens (tertiary/aromatic N) is 1. The Kier molecular flexibility index (Phi) is 2.60. The Bertz CT molecular complexity index is 565. The van der Waals surface area contributed by atoms with Crippen molar-refractivity contribution in [3.63, 3.8) is 0 Å². The number of rotatable bonds is 2. The zero-order chi connectivity index (χ0) is 14.9. The summed E-state index contributed by atoms with van der Waals surface area (Å²) in [5.74, 6) is 1.79. The van der Waals surface area contributed by atoms with Crippen molar-refractivity contribution in [2.45, 2.75) is 44.3 Å². The largest absolute Gasteiger partial charge is 0.456 e. The van der Waals surface area contributed by atoms with Crippen molar-refractivity contribution in [1.82, 2.24) is 0 Å². The highest BCUT2D eigenvalue weighted by molar-refractivity contribution is 5.87. The van der Waals surface area contributed by atoms with Gasteiger partial charge in [0.1, 0.15) is 11.7 Å². The van der Waals surface area contributed by atoms with Gasteiger partial charge in [-0.1, -0.05) is 6.58 Å². The first-order valence-electron chi connectivity index (χ1n) is 7.94. The summed E-state index contributed by atoms with van der Waals surface area (Å²) < 4.78 is 5.53. The molecule has 112 valence electrons. The Morgan fingerprint density at radius 3 is 2.81 bits per heavy atom. The van der Waals surface area contributed by atoms with Crippen LogP contribution in [-0.4, -0.2) is 22.8 Å². The number of carbonyl (C=O) groups excluding carboxylic acids is 1. The molecule has 0 saturated heterocycles. The van der Waals surface area contributed by atoms with Crippen LogP contribution < -0.4 is 0 Å². The van der Waals surface area contributed by atoms with E-state index >= 15 is 0 Å². The first-order valence-corrected chi connectivity index (χ1v) is 7.94. The highest BCUT2D eigenvalue weighted by Crippen LogP contribution is 2.70. The number of carbonyl (C=O) groups is 1. The Morgan fingerprint density at radius 1 is 1.38 bits per heavy atom. The summed E-state index contributed by atoms with van der Waals surface area (Å²) in [6.45, 7) is 5.25. The molecular formula is C17H21NO3. The molecule has 8 atom stereocenters. The highest BCUT2D eigenvalue weighted by Gasteiger charge is 2.72. The summed E-state index contributed by atoms with van der Waals surface area (Å²) in [7, 11) is 0. The van der Waals surface area contributed by atoms with E-state index in [1.54, 1.807) is 6.92 Å². The molecule has 4 heteroatoms. The molecule has 4 fully saturated rings. The van der Waals surface area contributed by atoms with Gasteiger partial charge < -0.3 is 9.84 Å². The Hall–Kier alpha value is -1.34. The van der Waals surface area contributed by atoms with E-state index in [1.807, 2.05) is 0 Å². The van der Waals surface area contributed by atoms with Gasteiger partial charge in [0, 0.05) is 11.5 Å². The number of hydrogen-bond acceptors (Lipinski definition) is 4. The molecule has 0 aromatic rings. The lowest BCUT2D eigenvalue weighted by atomic mass is 9.65. The maximum Gasteiger partial charge on any atom is 0.333 e. The number of esters is 1. The van der Waals surface area contributed by atoms with Crippen LogP contribution in [0.3, 0.4) is 0 Å². The van der Waals surface area contributed by atoms with Gasteiger partial charge in [-0.05, 0) is 62.2 Å². The molecule has 0 aromatic heterocycles. The van der Waals surface area contributed by atoms with E-state index in [0.29, 0.717) is 29.2 Å². The van der Waals surface area contributed by atoms with Crippen LogP contribution in [-0.2, 0) is 9.53 Å². The van der Waals surface area contributed by atoms with Gasteiger partial charge >= 0.3 is 5.97 Å². The molecule has 1 N–H and O–H groups in total. The van der Waals surface area contributed by atoms with Gasteiger partial charge in [-0.2, -0.15) is 5.26 Å². The second-order valence-electron chi connectivity index (χ2n) is 7.60. The molecule has 4 bridgehead atoms. The summed E-state index contributed by atoms with van der Waals surface area (Å²) in [5.41, 5.74) is -0.476. The zero-order valence-corrected chi connectivity index (χ0v) is 12.3. The van der Waals surface area contributed by atoms with Gasteiger partial charge in [0.15, 0.2) is 0 Å². The minimum atomic E-state index is -0.861. The van der Waals surface area contributed by atoms with Crippen molar-refractivity contribution in [3.8, 4) is 6.07 Å². The molecule has 0 aliphatic heterocycles. The number of fused-ring (bicyclic) bond motifs is 9. The first kappa shape index (κ1) is 13.3. The topological polar surface area (TPSA) is 70.3 Å². The molecule has 0 heterocycles. The van der Waals surface area contributed by atoms with Gasteiger partial charge in [-0.3, -0.25) is 0 Å². The van der Waals surface area contributed by atoms with Gasteiger partial charge in [0.05, 0.1) is 6.07 Å². The number of aliphatic hydroxyl groups is 1. The van der Waals surface area contributed by atoms with E-state index in [9.17, 15) is 15.2 Å². The van der Waals surface area contributed by atoms with Crippen molar-refractivity contribution in [2.24, 2.45) is 35.5 Å². The van der Waals surface area contributed by atoms with Gasteiger partial charge in [0.25, 0.3) is 0 Å². The van der Waals surface area contributed by atoms with E-state index in [1.165, 1.54) is 0 Å². The molecule has 4 saturated carbocycles. The lowest BCUT2D eigenvalue weighted by Crippen LogP contribution is -2.51. The van der Waals surface area contributed by atoms with Crippen molar-refractivity contribution >= 4 is 5.97 Å². The SMILES string of the molecule is C=C(C)C(=O)OC1CC2CC1(O)C1C3CC(C#N)C(C3)C21. The van der Waals surface area contributed by atoms with E-state index in [4.69, 9.17) is 4.74 Å². The zero-order valence-electron chi connectivity index (χ0n) is 12.3. The van der Waals surface area contributed by atoms with Crippen molar-refractivity contribution in [3.05, 3.63) is 12.2 Å². The van der Waals surface area contributed by atoms with Crippen molar-refractivity contribution in [2.75, 3.05) is 0 Å². The van der Waals surface area contributed by atoms with Crippen LogP contribution in [0.1, 0.15) is 32.6 Å². The number of ether oxygens (including phenoxy) is 1. The summed E-state index contributed by atoms with van der Waals surface area (Å²) in [6.07, 6.45) is 3.10. The lowest BCUT2D eigenvalue weighted by Gasteiger charge is -2.43. The highest BCUT2D eigenvalue weighted by atomic mass is 16.6. The molecule has 4 aliphatic carbocycles. The van der Waals surface area contributed by atoms with Crippen LogP contribution in [0.15, 0.2) is 12.2 Å². The second-order valence-corrected chi connectivity index (χ2v) is 7.60. The second kappa shape index (κ2) is 4.10. The van der Waals surface area contributed by atoms with Crippen molar-refractivity contribution < 1.29 is 14.6 Å². The monoisotopic (exact) mass is 287 g/mol. The fourth-order valence-corrected chi connectivity index (χ4v) is 6.08. The molecule has 0 spiro atoms. The van der Waals surface area contributed by atoms with E-state index in [-0.39, 0.29) is 17.9 Å². The minimum absolute atomic E-state index is 0.176.